The van der Waals surface area contributed by atoms with Gasteiger partial charge < -0.3 is 15.4 Å². The average Bonchev–Trinajstić information content (AvgIpc) is 3.24. The fourth-order valence-corrected chi connectivity index (χ4v) is 3.53. The highest BCUT2D eigenvalue weighted by Crippen LogP contribution is 2.23. The van der Waals surface area contributed by atoms with Crippen molar-refractivity contribution < 1.29 is 4.74 Å². The molecular weight excluding hydrogens is 358 g/mol. The van der Waals surface area contributed by atoms with Crippen LogP contribution in [-0.4, -0.2) is 26.2 Å². The van der Waals surface area contributed by atoms with E-state index in [4.69, 9.17) is 11.3 Å². The lowest BCUT2D eigenvalue weighted by molar-refractivity contribution is 0.362. The second kappa shape index (κ2) is 10.6. The zero-order valence-corrected chi connectivity index (χ0v) is 17.1. The largest absolute Gasteiger partial charge is 0.490 e. The third-order valence-electron chi connectivity index (χ3n) is 5.09. The molecule has 0 radical (unpaired) electrons. The lowest BCUT2D eigenvalue weighted by Gasteiger charge is -2.12. The molecule has 1 aliphatic rings. The highest BCUT2D eigenvalue weighted by molar-refractivity contribution is 5.72. The summed E-state index contributed by atoms with van der Waals surface area (Å²) in [5.74, 6) is 1.57. The number of rotatable bonds is 9. The van der Waals surface area contributed by atoms with Gasteiger partial charge in [-0.25, -0.2) is 4.85 Å². The highest BCUT2D eigenvalue weighted by Gasteiger charge is 2.13. The Hall–Kier alpha value is -2.87. The number of benzene rings is 2. The fourth-order valence-electron chi connectivity index (χ4n) is 3.53. The maximum absolute atomic E-state index is 7.18. The predicted molar refractivity (Wildman–Crippen MR) is 121 cm³/mol. The van der Waals surface area contributed by atoms with Crippen molar-refractivity contribution in [3.05, 3.63) is 82.7 Å². The lowest BCUT2D eigenvalue weighted by atomic mass is 10.1. The van der Waals surface area contributed by atoms with E-state index in [1.165, 1.54) is 12.0 Å². The zero-order valence-electron chi connectivity index (χ0n) is 17.1. The van der Waals surface area contributed by atoms with Crippen LogP contribution in [0.5, 0.6) is 5.75 Å². The molecule has 4 nitrogen and oxygen atoms in total. The van der Waals surface area contributed by atoms with Crippen LogP contribution in [0.1, 0.15) is 28.7 Å². The predicted octanol–water partition coefficient (Wildman–Crippen LogP) is 4.98. The molecule has 1 aliphatic heterocycles. The normalized spacial score (nSPS) is 16.1. The quantitative estimate of drug-likeness (QED) is 0.362. The maximum Gasteiger partial charge on any atom is 0.190 e. The summed E-state index contributed by atoms with van der Waals surface area (Å²) in [5, 5.41) is 6.99. The first-order valence-corrected chi connectivity index (χ1v) is 10.1. The van der Waals surface area contributed by atoms with Crippen LogP contribution in [0.15, 0.2) is 49.1 Å². The molecule has 0 amide bonds. The molecule has 1 heterocycles. The summed E-state index contributed by atoms with van der Waals surface area (Å²) in [7, 11) is 0. The van der Waals surface area contributed by atoms with Crippen molar-refractivity contribution in [3.8, 4) is 5.75 Å². The van der Waals surface area contributed by atoms with E-state index in [1.54, 1.807) is 6.08 Å². The molecule has 1 unspecified atom stereocenters. The first-order chi connectivity index (χ1) is 14.2. The summed E-state index contributed by atoms with van der Waals surface area (Å²) in [4.78, 5) is 3.53. The molecule has 150 valence electrons. The number of hydrogen-bond acceptors (Lipinski definition) is 3. The number of nitrogens with zero attached hydrogens (tertiary/aromatic N) is 1. The van der Waals surface area contributed by atoms with Gasteiger partial charge in [0.05, 0.1) is 6.57 Å². The van der Waals surface area contributed by atoms with Gasteiger partial charge in [-0.15, -0.1) is 0 Å². The third-order valence-corrected chi connectivity index (χ3v) is 5.09. The van der Waals surface area contributed by atoms with E-state index in [0.29, 0.717) is 12.3 Å². The van der Waals surface area contributed by atoms with Crippen molar-refractivity contribution in [2.45, 2.75) is 19.9 Å². The smallest absolute Gasteiger partial charge is 0.190 e. The Morgan fingerprint density at radius 1 is 1.24 bits per heavy atom. The van der Waals surface area contributed by atoms with Gasteiger partial charge in [-0.2, -0.15) is 0 Å². The van der Waals surface area contributed by atoms with Crippen LogP contribution < -0.4 is 15.4 Å². The molecule has 0 saturated carbocycles. The lowest BCUT2D eigenvalue weighted by Crippen LogP contribution is -2.24. The van der Waals surface area contributed by atoms with E-state index in [9.17, 15) is 0 Å². The van der Waals surface area contributed by atoms with Gasteiger partial charge in [0, 0.05) is 6.54 Å². The first-order valence-electron chi connectivity index (χ1n) is 10.1. The fraction of sp³-hybridized carbons (Fsp3) is 0.320. The minimum absolute atomic E-state index is 0.491. The number of ether oxygens (including phenoxy) is 1. The van der Waals surface area contributed by atoms with Gasteiger partial charge in [-0.3, -0.25) is 0 Å². The van der Waals surface area contributed by atoms with Gasteiger partial charge in [-0.1, -0.05) is 49.1 Å². The van der Waals surface area contributed by atoms with Crippen molar-refractivity contribution in [1.82, 2.24) is 10.6 Å². The maximum atomic E-state index is 7.18. The van der Waals surface area contributed by atoms with Crippen molar-refractivity contribution in [2.75, 3.05) is 26.2 Å². The number of aryl methyl sites for hydroxylation is 1. The molecule has 1 saturated heterocycles. The Bertz CT molecular complexity index is 905. The van der Waals surface area contributed by atoms with E-state index in [2.05, 4.69) is 46.3 Å². The Kier molecular flexibility index (Phi) is 7.63. The van der Waals surface area contributed by atoms with Crippen LogP contribution in [-0.2, 0) is 6.54 Å². The summed E-state index contributed by atoms with van der Waals surface area (Å²) in [5.41, 5.74) is 5.08. The van der Waals surface area contributed by atoms with Gasteiger partial charge in [0.15, 0.2) is 5.69 Å². The first kappa shape index (κ1) is 20.9. The Morgan fingerprint density at radius 2 is 2.10 bits per heavy atom. The molecule has 0 aromatic heterocycles. The molecule has 2 N–H and O–H groups in total. The molecule has 2 aromatic carbocycles. The van der Waals surface area contributed by atoms with Crippen molar-refractivity contribution in [2.24, 2.45) is 5.92 Å². The molecule has 0 bridgehead atoms. The van der Waals surface area contributed by atoms with Gasteiger partial charge >= 0.3 is 0 Å². The minimum atomic E-state index is 0.491. The SMILES string of the molecule is [C-]#[N+]c1ccc(/C=C/c2cc(CNCC3CCNC3)cc(OCC=C)c2)cc1C. The van der Waals surface area contributed by atoms with Crippen molar-refractivity contribution in [3.63, 3.8) is 0 Å². The number of nitrogens with one attached hydrogen (secondary N) is 2. The number of hydrogen-bond donors (Lipinski definition) is 2. The average molecular weight is 388 g/mol. The Morgan fingerprint density at radius 3 is 2.83 bits per heavy atom. The van der Waals surface area contributed by atoms with E-state index in [0.717, 1.165) is 54.5 Å². The second-order valence-corrected chi connectivity index (χ2v) is 7.49. The van der Waals surface area contributed by atoms with Crippen LogP contribution in [0.2, 0.25) is 0 Å². The minimum Gasteiger partial charge on any atom is -0.490 e. The van der Waals surface area contributed by atoms with Gasteiger partial charge in [-0.05, 0) is 73.3 Å². The van der Waals surface area contributed by atoms with Crippen LogP contribution >= 0.6 is 0 Å². The highest BCUT2D eigenvalue weighted by atomic mass is 16.5. The molecule has 29 heavy (non-hydrogen) atoms. The third kappa shape index (κ3) is 6.32. The molecule has 0 spiro atoms. The monoisotopic (exact) mass is 387 g/mol. The molecule has 4 heteroatoms. The summed E-state index contributed by atoms with van der Waals surface area (Å²) in [6.07, 6.45) is 7.18. The van der Waals surface area contributed by atoms with Crippen LogP contribution in [0.3, 0.4) is 0 Å². The summed E-state index contributed by atoms with van der Waals surface area (Å²) in [6.45, 7) is 17.5. The Balaban J connectivity index is 1.72. The van der Waals surface area contributed by atoms with Crippen LogP contribution in [0.4, 0.5) is 5.69 Å². The second-order valence-electron chi connectivity index (χ2n) is 7.49. The summed E-state index contributed by atoms with van der Waals surface area (Å²) >= 11 is 0. The van der Waals surface area contributed by atoms with Crippen molar-refractivity contribution in [1.29, 1.82) is 0 Å². The summed E-state index contributed by atoms with van der Waals surface area (Å²) < 4.78 is 5.79. The molecule has 1 fully saturated rings. The van der Waals surface area contributed by atoms with Crippen LogP contribution in [0.25, 0.3) is 17.0 Å². The van der Waals surface area contributed by atoms with Gasteiger partial charge in [0.25, 0.3) is 0 Å². The van der Waals surface area contributed by atoms with Crippen LogP contribution in [0, 0.1) is 19.4 Å². The standard InChI is InChI=1S/C25H29N3O/c1-4-11-29-24-14-21(6-5-20-7-8-25(26-3)19(2)12-20)13-23(15-24)18-28-17-22-9-10-27-16-22/h4-8,12-15,22,27-28H,1,9-11,16-18H2,2H3/b6-5+. The zero-order chi connectivity index (χ0) is 20.5. The summed E-state index contributed by atoms with van der Waals surface area (Å²) in [6, 6.07) is 12.2. The topological polar surface area (TPSA) is 37.7 Å². The molecule has 3 rings (SSSR count). The molecule has 2 aromatic rings. The van der Waals surface area contributed by atoms with E-state index in [-0.39, 0.29) is 0 Å². The van der Waals surface area contributed by atoms with E-state index >= 15 is 0 Å². The Labute approximate surface area is 174 Å². The molecular formula is C25H29N3O. The van der Waals surface area contributed by atoms with Gasteiger partial charge in [0.2, 0.25) is 0 Å². The molecule has 1 atom stereocenters. The van der Waals surface area contributed by atoms with Crippen molar-refractivity contribution >= 4 is 17.8 Å². The molecule has 0 aliphatic carbocycles. The van der Waals surface area contributed by atoms with E-state index < -0.39 is 0 Å². The van der Waals surface area contributed by atoms with Gasteiger partial charge in [0.1, 0.15) is 12.4 Å². The van der Waals surface area contributed by atoms with E-state index in [1.807, 2.05) is 31.2 Å².